The highest BCUT2D eigenvalue weighted by molar-refractivity contribution is 5.80. The van der Waals surface area contributed by atoms with E-state index in [1.54, 1.807) is 0 Å². The molecule has 3 nitrogen and oxygen atoms in total. The van der Waals surface area contributed by atoms with Gasteiger partial charge >= 0.3 is 0 Å². The number of likely N-dealkylation sites (N-methyl/N-ethyl adjacent to an activating group) is 1. The third-order valence-corrected chi connectivity index (χ3v) is 4.11. The second-order valence-electron chi connectivity index (χ2n) is 6.52. The van der Waals surface area contributed by atoms with E-state index in [1.165, 1.54) is 5.56 Å². The number of rotatable bonds is 5. The van der Waals surface area contributed by atoms with Crippen LogP contribution < -0.4 is 0 Å². The van der Waals surface area contributed by atoms with Gasteiger partial charge in [0.1, 0.15) is 0 Å². The van der Waals surface area contributed by atoms with Crippen LogP contribution in [0.2, 0.25) is 0 Å². The largest absolute Gasteiger partial charge is 0.333 e. The molecule has 1 saturated heterocycles. The Hall–Kier alpha value is -1.79. The Bertz CT molecular complexity index is 530. The van der Waals surface area contributed by atoms with Gasteiger partial charge in [-0.3, -0.25) is 9.69 Å². The Morgan fingerprint density at radius 3 is 2.67 bits per heavy atom. The molecule has 1 atom stereocenters. The molecule has 1 aliphatic heterocycles. The van der Waals surface area contributed by atoms with E-state index >= 15 is 0 Å². The molecule has 1 aromatic carbocycles. The highest BCUT2D eigenvalue weighted by atomic mass is 16.2. The summed E-state index contributed by atoms with van der Waals surface area (Å²) in [6.45, 7) is 6.44. The van der Waals surface area contributed by atoms with Gasteiger partial charge in [-0.05, 0) is 12.6 Å². The number of nitrogens with zero attached hydrogens (tertiary/aromatic N) is 2. The molecule has 1 unspecified atom stereocenters. The average molecular weight is 284 g/mol. The van der Waals surface area contributed by atoms with E-state index in [0.717, 1.165) is 13.1 Å². The molecule has 0 radical (unpaired) electrons. The van der Waals surface area contributed by atoms with Gasteiger partial charge in [0.05, 0.1) is 12.6 Å². The average Bonchev–Trinajstić information content (AvgIpc) is 2.44. The number of terminal acetylenes is 1. The fourth-order valence-corrected chi connectivity index (χ4v) is 3.08. The number of benzene rings is 1. The van der Waals surface area contributed by atoms with E-state index in [0.29, 0.717) is 13.0 Å². The molecule has 1 amide bonds. The van der Waals surface area contributed by atoms with E-state index in [9.17, 15) is 4.79 Å². The zero-order chi connectivity index (χ0) is 15.5. The Morgan fingerprint density at radius 1 is 1.43 bits per heavy atom. The minimum atomic E-state index is 0.133. The lowest BCUT2D eigenvalue weighted by Crippen LogP contribution is -2.59. The van der Waals surface area contributed by atoms with Crippen LogP contribution >= 0.6 is 0 Å². The molecule has 21 heavy (non-hydrogen) atoms. The van der Waals surface area contributed by atoms with Gasteiger partial charge in [-0.1, -0.05) is 44.2 Å². The van der Waals surface area contributed by atoms with Crippen LogP contribution in [0.15, 0.2) is 30.3 Å². The molecule has 1 fully saturated rings. The lowest BCUT2D eigenvalue weighted by Gasteiger charge is -2.54. The summed E-state index contributed by atoms with van der Waals surface area (Å²) in [5, 5.41) is 0. The van der Waals surface area contributed by atoms with Crippen molar-refractivity contribution in [3.8, 4) is 12.3 Å². The number of carbonyl (C=O) groups excluding carboxylic acids is 1. The Labute approximate surface area is 127 Å². The van der Waals surface area contributed by atoms with Crippen molar-refractivity contribution in [3.63, 3.8) is 0 Å². The summed E-state index contributed by atoms with van der Waals surface area (Å²) in [6, 6.07) is 10.5. The van der Waals surface area contributed by atoms with Crippen molar-refractivity contribution in [2.24, 2.45) is 5.41 Å². The Kier molecular flexibility index (Phi) is 4.69. The molecule has 2 rings (SSSR count). The second kappa shape index (κ2) is 6.32. The molecule has 0 saturated carbocycles. The first-order valence-electron chi connectivity index (χ1n) is 7.42. The lowest BCUT2D eigenvalue weighted by molar-refractivity contribution is -0.153. The van der Waals surface area contributed by atoms with Gasteiger partial charge in [-0.25, -0.2) is 0 Å². The number of hydrogen-bond donors (Lipinski definition) is 0. The smallest absolute Gasteiger partial charge is 0.237 e. The molecule has 0 aromatic heterocycles. The van der Waals surface area contributed by atoms with Crippen molar-refractivity contribution >= 4 is 5.91 Å². The van der Waals surface area contributed by atoms with Gasteiger partial charge in [0.15, 0.2) is 0 Å². The summed E-state index contributed by atoms with van der Waals surface area (Å²) in [7, 11) is 1.94. The number of likely N-dealkylation sites (tertiary alicyclic amines) is 1. The maximum atomic E-state index is 12.5. The van der Waals surface area contributed by atoms with Gasteiger partial charge in [-0.15, -0.1) is 12.3 Å². The summed E-state index contributed by atoms with van der Waals surface area (Å²) in [5.41, 5.74) is 1.35. The summed E-state index contributed by atoms with van der Waals surface area (Å²) in [4.78, 5) is 16.5. The molecule has 1 aliphatic rings. The van der Waals surface area contributed by atoms with Crippen molar-refractivity contribution in [1.82, 2.24) is 9.80 Å². The fraction of sp³-hybridized carbons (Fsp3) is 0.500. The third-order valence-electron chi connectivity index (χ3n) is 4.11. The standard InChI is InChI=1S/C18H24N2O/c1-5-6-12-19(4)13-16(21)20-14-18(2,3)17(20)15-10-8-7-9-11-15/h1,7-11,17H,6,12-14H2,2-4H3. The quantitative estimate of drug-likeness (QED) is 0.776. The highest BCUT2D eigenvalue weighted by Gasteiger charge is 2.48. The molecule has 112 valence electrons. The predicted molar refractivity (Wildman–Crippen MR) is 85.6 cm³/mol. The van der Waals surface area contributed by atoms with Crippen LogP contribution in [0, 0.1) is 17.8 Å². The summed E-state index contributed by atoms with van der Waals surface area (Å²) >= 11 is 0. The molecule has 1 heterocycles. The molecular weight excluding hydrogens is 260 g/mol. The van der Waals surface area contributed by atoms with Crippen LogP contribution in [0.25, 0.3) is 0 Å². The first-order chi connectivity index (χ1) is 9.95. The summed E-state index contributed by atoms with van der Waals surface area (Å²) in [6.07, 6.45) is 5.94. The summed E-state index contributed by atoms with van der Waals surface area (Å²) in [5.74, 6) is 2.79. The zero-order valence-electron chi connectivity index (χ0n) is 13.2. The monoisotopic (exact) mass is 284 g/mol. The maximum Gasteiger partial charge on any atom is 0.237 e. The SMILES string of the molecule is C#CCCN(C)CC(=O)N1CC(C)(C)C1c1ccccc1. The topological polar surface area (TPSA) is 23.6 Å². The number of hydrogen-bond acceptors (Lipinski definition) is 2. The van der Waals surface area contributed by atoms with Crippen LogP contribution in [0.1, 0.15) is 31.9 Å². The maximum absolute atomic E-state index is 12.5. The van der Waals surface area contributed by atoms with E-state index in [4.69, 9.17) is 6.42 Å². The summed E-state index contributed by atoms with van der Waals surface area (Å²) < 4.78 is 0. The van der Waals surface area contributed by atoms with Gasteiger partial charge in [0, 0.05) is 24.9 Å². The lowest BCUT2D eigenvalue weighted by atomic mass is 9.71. The molecule has 1 aromatic rings. The highest BCUT2D eigenvalue weighted by Crippen LogP contribution is 2.48. The Balaban J connectivity index is 2.03. The van der Waals surface area contributed by atoms with Crippen LogP contribution in [-0.2, 0) is 4.79 Å². The van der Waals surface area contributed by atoms with Crippen LogP contribution in [0.3, 0.4) is 0 Å². The third kappa shape index (κ3) is 3.46. The first-order valence-corrected chi connectivity index (χ1v) is 7.42. The van der Waals surface area contributed by atoms with Crippen molar-refractivity contribution in [3.05, 3.63) is 35.9 Å². The van der Waals surface area contributed by atoms with E-state index in [1.807, 2.05) is 35.0 Å². The second-order valence-corrected chi connectivity index (χ2v) is 6.52. The van der Waals surface area contributed by atoms with Gasteiger partial charge in [0.2, 0.25) is 5.91 Å². The number of amides is 1. The van der Waals surface area contributed by atoms with E-state index in [-0.39, 0.29) is 17.4 Å². The Morgan fingerprint density at radius 2 is 2.10 bits per heavy atom. The van der Waals surface area contributed by atoms with E-state index < -0.39 is 0 Å². The molecule has 0 spiro atoms. The van der Waals surface area contributed by atoms with Gasteiger partial charge in [0.25, 0.3) is 0 Å². The normalized spacial score (nSPS) is 20.0. The first kappa shape index (κ1) is 15.6. The minimum absolute atomic E-state index is 0.133. The van der Waals surface area contributed by atoms with Gasteiger partial charge in [-0.2, -0.15) is 0 Å². The van der Waals surface area contributed by atoms with Gasteiger partial charge < -0.3 is 4.90 Å². The molecule has 3 heteroatoms. The molecule has 0 N–H and O–H groups in total. The van der Waals surface area contributed by atoms with Crippen molar-refractivity contribution in [2.45, 2.75) is 26.3 Å². The van der Waals surface area contributed by atoms with Crippen molar-refractivity contribution in [2.75, 3.05) is 26.7 Å². The van der Waals surface area contributed by atoms with Crippen molar-refractivity contribution in [1.29, 1.82) is 0 Å². The molecule has 0 aliphatic carbocycles. The molecular formula is C18H24N2O. The van der Waals surface area contributed by atoms with Crippen LogP contribution in [-0.4, -0.2) is 42.4 Å². The zero-order valence-corrected chi connectivity index (χ0v) is 13.2. The predicted octanol–water partition coefficient (Wildman–Crippen LogP) is 2.55. The fourth-order valence-electron chi connectivity index (χ4n) is 3.08. The number of carbonyl (C=O) groups is 1. The van der Waals surface area contributed by atoms with E-state index in [2.05, 4.69) is 31.9 Å². The molecule has 0 bridgehead atoms. The minimum Gasteiger partial charge on any atom is -0.333 e. The van der Waals surface area contributed by atoms with Crippen LogP contribution in [0.4, 0.5) is 0 Å². The van der Waals surface area contributed by atoms with Crippen LogP contribution in [0.5, 0.6) is 0 Å². The van der Waals surface area contributed by atoms with Crippen molar-refractivity contribution < 1.29 is 4.79 Å².